The Kier molecular flexibility index (Phi) is 4.17. The fourth-order valence-corrected chi connectivity index (χ4v) is 3.00. The minimum absolute atomic E-state index is 0.288. The molecular weight excluding hydrogens is 261 g/mol. The van der Waals surface area contributed by atoms with E-state index in [0.29, 0.717) is 10.7 Å². The molecule has 19 heavy (non-hydrogen) atoms. The highest BCUT2D eigenvalue weighted by atomic mass is 32.2. The second-order valence-corrected chi connectivity index (χ2v) is 5.48. The Morgan fingerprint density at radius 1 is 1.21 bits per heavy atom. The van der Waals surface area contributed by atoms with Gasteiger partial charge in [-0.05, 0) is 50.7 Å². The van der Waals surface area contributed by atoms with E-state index < -0.39 is 0 Å². The first-order valence-corrected chi connectivity index (χ1v) is 6.83. The van der Waals surface area contributed by atoms with Crippen LogP contribution in [0.1, 0.15) is 29.9 Å². The predicted molar refractivity (Wildman–Crippen MR) is 74.6 cm³/mol. The Hall–Kier alpha value is -1.46. The lowest BCUT2D eigenvalue weighted by molar-refractivity contribution is 0.585. The molecule has 1 aromatic carbocycles. The number of rotatable bonds is 3. The van der Waals surface area contributed by atoms with E-state index in [1.807, 2.05) is 26.0 Å². The van der Waals surface area contributed by atoms with Crippen molar-refractivity contribution >= 4 is 11.8 Å². The Morgan fingerprint density at radius 2 is 1.84 bits per heavy atom. The zero-order chi connectivity index (χ0) is 14.0. The van der Waals surface area contributed by atoms with Gasteiger partial charge in [0.2, 0.25) is 0 Å². The zero-order valence-corrected chi connectivity index (χ0v) is 12.0. The second kappa shape index (κ2) is 5.67. The summed E-state index contributed by atoms with van der Waals surface area (Å²) in [6.45, 7) is 5.60. The Balaban J connectivity index is 2.40. The molecule has 0 aliphatic rings. The second-order valence-electron chi connectivity index (χ2n) is 4.48. The Labute approximate surface area is 116 Å². The lowest BCUT2D eigenvalue weighted by Crippen LogP contribution is -2.09. The smallest absolute Gasteiger partial charge is 0.192 e. The average molecular weight is 277 g/mol. The van der Waals surface area contributed by atoms with E-state index in [2.05, 4.69) is 9.97 Å². The standard InChI is InChI=1S/C14H16FN3S/c1-8-7-9(2)18-14(17-8)19-12-6-4-5-11(15)13(12)10(3)16/h4-7,10H,16H2,1-3H3/t10-/m1/s1. The molecule has 100 valence electrons. The molecule has 0 unspecified atom stereocenters. The van der Waals surface area contributed by atoms with Crippen LogP contribution in [0.15, 0.2) is 34.3 Å². The van der Waals surface area contributed by atoms with Crippen molar-refractivity contribution in [1.29, 1.82) is 0 Å². The predicted octanol–water partition coefficient (Wildman–Crippen LogP) is 3.40. The van der Waals surface area contributed by atoms with Crippen LogP contribution in [0.5, 0.6) is 0 Å². The summed E-state index contributed by atoms with van der Waals surface area (Å²) >= 11 is 1.34. The molecule has 1 heterocycles. The van der Waals surface area contributed by atoms with Crippen molar-refractivity contribution in [3.63, 3.8) is 0 Å². The van der Waals surface area contributed by atoms with Crippen molar-refractivity contribution in [2.24, 2.45) is 5.73 Å². The third-order valence-corrected chi connectivity index (χ3v) is 3.57. The number of hydrogen-bond acceptors (Lipinski definition) is 4. The van der Waals surface area contributed by atoms with Crippen LogP contribution in [0.3, 0.4) is 0 Å². The minimum atomic E-state index is -0.366. The van der Waals surface area contributed by atoms with Gasteiger partial charge in [-0.15, -0.1) is 0 Å². The van der Waals surface area contributed by atoms with Gasteiger partial charge in [0, 0.05) is 27.9 Å². The highest BCUT2D eigenvalue weighted by Crippen LogP contribution is 2.32. The number of nitrogens with zero attached hydrogens (tertiary/aromatic N) is 2. The first-order valence-electron chi connectivity index (χ1n) is 6.01. The van der Waals surface area contributed by atoms with Crippen molar-refractivity contribution in [1.82, 2.24) is 9.97 Å². The van der Waals surface area contributed by atoms with Gasteiger partial charge in [-0.3, -0.25) is 0 Å². The summed E-state index contributed by atoms with van der Waals surface area (Å²) in [5.41, 5.74) is 8.14. The number of hydrogen-bond donors (Lipinski definition) is 1. The molecule has 0 bridgehead atoms. The monoisotopic (exact) mass is 277 g/mol. The van der Waals surface area contributed by atoms with Gasteiger partial charge in [-0.25, -0.2) is 14.4 Å². The zero-order valence-electron chi connectivity index (χ0n) is 11.1. The summed E-state index contributed by atoms with van der Waals surface area (Å²) in [5, 5.41) is 0.616. The molecule has 0 fully saturated rings. The van der Waals surface area contributed by atoms with Crippen molar-refractivity contribution < 1.29 is 4.39 Å². The first kappa shape index (κ1) is 14.0. The third kappa shape index (κ3) is 3.30. The number of nitrogens with two attached hydrogens (primary N) is 1. The number of aryl methyl sites for hydroxylation is 2. The first-order chi connectivity index (χ1) is 8.97. The summed E-state index contributed by atoms with van der Waals surface area (Å²) in [7, 11) is 0. The molecule has 2 rings (SSSR count). The van der Waals surface area contributed by atoms with E-state index in [1.165, 1.54) is 17.8 Å². The van der Waals surface area contributed by atoms with Gasteiger partial charge >= 0.3 is 0 Å². The lowest BCUT2D eigenvalue weighted by atomic mass is 10.1. The maximum Gasteiger partial charge on any atom is 0.192 e. The molecule has 2 N–H and O–H groups in total. The molecule has 0 aliphatic heterocycles. The maximum atomic E-state index is 13.8. The molecule has 0 saturated carbocycles. The van der Waals surface area contributed by atoms with Crippen LogP contribution in [-0.2, 0) is 0 Å². The Morgan fingerprint density at radius 3 is 2.42 bits per heavy atom. The van der Waals surface area contributed by atoms with Gasteiger partial charge in [0.1, 0.15) is 5.82 Å². The molecular formula is C14H16FN3S. The van der Waals surface area contributed by atoms with Gasteiger partial charge in [0.15, 0.2) is 5.16 Å². The maximum absolute atomic E-state index is 13.8. The van der Waals surface area contributed by atoms with Crippen LogP contribution in [0, 0.1) is 19.7 Å². The van der Waals surface area contributed by atoms with Gasteiger partial charge in [-0.2, -0.15) is 0 Å². The van der Waals surface area contributed by atoms with Crippen LogP contribution in [0.2, 0.25) is 0 Å². The van der Waals surface area contributed by atoms with Gasteiger partial charge in [0.05, 0.1) is 0 Å². The average Bonchev–Trinajstić information content (AvgIpc) is 2.26. The van der Waals surface area contributed by atoms with Crippen molar-refractivity contribution in [3.8, 4) is 0 Å². The topological polar surface area (TPSA) is 51.8 Å². The lowest BCUT2D eigenvalue weighted by Gasteiger charge is -2.12. The highest BCUT2D eigenvalue weighted by molar-refractivity contribution is 7.99. The molecule has 0 radical (unpaired) electrons. The number of benzene rings is 1. The summed E-state index contributed by atoms with van der Waals surface area (Å²) in [6.07, 6.45) is 0. The van der Waals surface area contributed by atoms with Crippen LogP contribution in [-0.4, -0.2) is 9.97 Å². The number of aromatic nitrogens is 2. The van der Waals surface area contributed by atoms with Crippen LogP contribution in [0.25, 0.3) is 0 Å². The van der Waals surface area contributed by atoms with E-state index in [1.54, 1.807) is 13.0 Å². The van der Waals surface area contributed by atoms with E-state index in [9.17, 15) is 4.39 Å². The molecule has 1 atom stereocenters. The normalized spacial score (nSPS) is 12.5. The van der Waals surface area contributed by atoms with Crippen LogP contribution in [0.4, 0.5) is 4.39 Å². The summed E-state index contributed by atoms with van der Waals surface area (Å²) in [6, 6.07) is 6.47. The molecule has 5 heteroatoms. The van der Waals surface area contributed by atoms with Gasteiger partial charge in [-0.1, -0.05) is 6.07 Å². The van der Waals surface area contributed by atoms with Crippen molar-refractivity contribution in [2.75, 3.05) is 0 Å². The van der Waals surface area contributed by atoms with Gasteiger partial charge in [0.25, 0.3) is 0 Å². The van der Waals surface area contributed by atoms with Gasteiger partial charge < -0.3 is 5.73 Å². The highest BCUT2D eigenvalue weighted by Gasteiger charge is 2.14. The molecule has 0 amide bonds. The minimum Gasteiger partial charge on any atom is -0.324 e. The Bertz CT molecular complexity index is 579. The molecule has 3 nitrogen and oxygen atoms in total. The molecule has 0 spiro atoms. The molecule has 2 aromatic rings. The largest absolute Gasteiger partial charge is 0.324 e. The van der Waals surface area contributed by atoms with E-state index in [-0.39, 0.29) is 11.9 Å². The summed E-state index contributed by atoms with van der Waals surface area (Å²) in [4.78, 5) is 9.46. The SMILES string of the molecule is Cc1cc(C)nc(Sc2cccc(F)c2[C@@H](C)N)n1. The van der Waals surface area contributed by atoms with Crippen LogP contribution >= 0.6 is 11.8 Å². The van der Waals surface area contributed by atoms with E-state index in [4.69, 9.17) is 5.73 Å². The fourth-order valence-electron chi connectivity index (χ4n) is 1.89. The van der Waals surface area contributed by atoms with E-state index in [0.717, 1.165) is 16.3 Å². The number of halogens is 1. The molecule has 0 aliphatic carbocycles. The fraction of sp³-hybridized carbons (Fsp3) is 0.286. The van der Waals surface area contributed by atoms with E-state index >= 15 is 0 Å². The quantitative estimate of drug-likeness (QED) is 0.874. The summed E-state index contributed by atoms with van der Waals surface area (Å²) in [5.74, 6) is -0.288. The summed E-state index contributed by atoms with van der Waals surface area (Å²) < 4.78 is 13.8. The van der Waals surface area contributed by atoms with Crippen molar-refractivity contribution in [3.05, 3.63) is 47.0 Å². The molecule has 0 saturated heterocycles. The van der Waals surface area contributed by atoms with Crippen LogP contribution < -0.4 is 5.73 Å². The van der Waals surface area contributed by atoms with Crippen molar-refractivity contribution in [2.45, 2.75) is 36.9 Å². The molecule has 1 aromatic heterocycles. The third-order valence-electron chi connectivity index (χ3n) is 2.63.